The average Bonchev–Trinajstić information content (AvgIpc) is 2.74. The minimum Gasteiger partial charge on any atom is -0.351 e. The van der Waals surface area contributed by atoms with E-state index in [1.54, 1.807) is 0 Å². The van der Waals surface area contributed by atoms with Gasteiger partial charge in [0, 0.05) is 25.0 Å². The Bertz CT molecular complexity index is 336. The van der Waals surface area contributed by atoms with Crippen LogP contribution >= 0.6 is 11.3 Å². The molecule has 0 aliphatic carbocycles. The third kappa shape index (κ3) is 4.58. The highest BCUT2D eigenvalue weighted by Crippen LogP contribution is 2.26. The van der Waals surface area contributed by atoms with Gasteiger partial charge in [0.25, 0.3) is 0 Å². The summed E-state index contributed by atoms with van der Waals surface area (Å²) in [6.07, 6.45) is 4.62. The molecule has 0 atom stereocenters. The summed E-state index contributed by atoms with van der Waals surface area (Å²) in [5.74, 6) is 0. The molecule has 1 aromatic heterocycles. The molecule has 0 aliphatic heterocycles. The van der Waals surface area contributed by atoms with Crippen molar-refractivity contribution in [3.8, 4) is 0 Å². The van der Waals surface area contributed by atoms with Crippen molar-refractivity contribution in [2.45, 2.75) is 53.0 Å². The van der Waals surface area contributed by atoms with Gasteiger partial charge in [-0.3, -0.25) is 0 Å². The van der Waals surface area contributed by atoms with Crippen molar-refractivity contribution in [2.75, 3.05) is 25.0 Å². The van der Waals surface area contributed by atoms with Crippen molar-refractivity contribution in [3.63, 3.8) is 0 Å². The molecule has 1 heterocycles. The minimum atomic E-state index is 0.973. The van der Waals surface area contributed by atoms with Crippen LogP contribution in [0.5, 0.6) is 0 Å². The normalized spacial score (nSPS) is 10.9. The molecule has 0 fully saturated rings. The van der Waals surface area contributed by atoms with Crippen LogP contribution in [0.15, 0.2) is 0 Å². The summed E-state index contributed by atoms with van der Waals surface area (Å²) in [6.45, 7) is 9.77. The zero-order valence-corrected chi connectivity index (χ0v) is 13.1. The highest BCUT2D eigenvalue weighted by atomic mass is 32.1. The first kappa shape index (κ1) is 15.4. The van der Waals surface area contributed by atoms with E-state index in [1.165, 1.54) is 35.0 Å². The summed E-state index contributed by atoms with van der Waals surface area (Å²) in [6, 6.07) is 0. The van der Waals surface area contributed by atoms with Crippen molar-refractivity contribution >= 4 is 16.5 Å². The van der Waals surface area contributed by atoms with Crippen LogP contribution in [0.1, 0.15) is 50.6 Å². The van der Waals surface area contributed by atoms with Crippen molar-refractivity contribution in [1.29, 1.82) is 0 Å². The monoisotopic (exact) mass is 269 g/mol. The van der Waals surface area contributed by atoms with Crippen LogP contribution in [0.2, 0.25) is 0 Å². The maximum absolute atomic E-state index is 4.80. The summed E-state index contributed by atoms with van der Waals surface area (Å²) in [7, 11) is 2.14. The molecule has 104 valence electrons. The van der Waals surface area contributed by atoms with Gasteiger partial charge in [0.15, 0.2) is 5.13 Å². The smallest absolute Gasteiger partial charge is 0.185 e. The van der Waals surface area contributed by atoms with Crippen LogP contribution in [-0.4, -0.2) is 25.1 Å². The predicted molar refractivity (Wildman–Crippen MR) is 81.7 cm³/mol. The number of anilines is 1. The number of aromatic nitrogens is 1. The second kappa shape index (κ2) is 8.48. The lowest BCUT2D eigenvalue weighted by Gasteiger charge is -2.13. The summed E-state index contributed by atoms with van der Waals surface area (Å²) < 4.78 is 0. The first-order valence-corrected chi connectivity index (χ1v) is 7.94. The van der Waals surface area contributed by atoms with Crippen LogP contribution in [0.4, 0.5) is 5.13 Å². The summed E-state index contributed by atoms with van der Waals surface area (Å²) in [5, 5.41) is 4.66. The van der Waals surface area contributed by atoms with Gasteiger partial charge in [-0.2, -0.15) is 0 Å². The fourth-order valence-corrected chi connectivity index (χ4v) is 2.98. The van der Waals surface area contributed by atoms with E-state index >= 15 is 0 Å². The van der Waals surface area contributed by atoms with Gasteiger partial charge in [-0.1, -0.05) is 27.2 Å². The number of nitrogens with zero attached hydrogens (tertiary/aromatic N) is 2. The highest BCUT2D eigenvalue weighted by molar-refractivity contribution is 7.15. The topological polar surface area (TPSA) is 28.2 Å². The Hall–Kier alpha value is -0.610. The minimum absolute atomic E-state index is 0.973. The van der Waals surface area contributed by atoms with Crippen molar-refractivity contribution in [2.24, 2.45) is 0 Å². The van der Waals surface area contributed by atoms with E-state index < -0.39 is 0 Å². The zero-order valence-electron chi connectivity index (χ0n) is 12.3. The molecule has 1 N–H and O–H groups in total. The number of hydrogen-bond acceptors (Lipinski definition) is 4. The van der Waals surface area contributed by atoms with Crippen LogP contribution in [0, 0.1) is 0 Å². The van der Waals surface area contributed by atoms with Gasteiger partial charge in [-0.05, 0) is 25.8 Å². The highest BCUT2D eigenvalue weighted by Gasteiger charge is 2.12. The Morgan fingerprint density at radius 3 is 2.56 bits per heavy atom. The van der Waals surface area contributed by atoms with E-state index in [1.807, 2.05) is 11.3 Å². The Labute approximate surface area is 116 Å². The molecule has 1 rings (SSSR count). The summed E-state index contributed by atoms with van der Waals surface area (Å²) >= 11 is 1.85. The lowest BCUT2D eigenvalue weighted by Crippen LogP contribution is -2.17. The fraction of sp³-hybridized carbons (Fsp3) is 0.786. The lowest BCUT2D eigenvalue weighted by atomic mass is 10.2. The Balaban J connectivity index is 2.72. The second-order valence-corrected chi connectivity index (χ2v) is 5.78. The molecular formula is C14H27N3S. The van der Waals surface area contributed by atoms with E-state index in [9.17, 15) is 0 Å². The molecule has 18 heavy (non-hydrogen) atoms. The largest absolute Gasteiger partial charge is 0.351 e. The van der Waals surface area contributed by atoms with Gasteiger partial charge in [-0.25, -0.2) is 4.98 Å². The molecule has 0 bridgehead atoms. The molecule has 1 aromatic rings. The summed E-state index contributed by atoms with van der Waals surface area (Å²) in [4.78, 5) is 8.49. The van der Waals surface area contributed by atoms with Crippen LogP contribution < -0.4 is 10.2 Å². The number of hydrogen-bond donors (Lipinski definition) is 1. The van der Waals surface area contributed by atoms with E-state index in [0.717, 1.165) is 26.1 Å². The Kier molecular flexibility index (Phi) is 7.28. The molecule has 0 spiro atoms. The molecule has 0 aliphatic rings. The third-order valence-electron chi connectivity index (χ3n) is 2.85. The summed E-state index contributed by atoms with van der Waals surface area (Å²) in [5.41, 5.74) is 1.30. The zero-order chi connectivity index (χ0) is 13.4. The van der Waals surface area contributed by atoms with Gasteiger partial charge in [0.1, 0.15) is 0 Å². The fourth-order valence-electron chi connectivity index (χ4n) is 1.91. The van der Waals surface area contributed by atoms with Crippen LogP contribution in [0.25, 0.3) is 0 Å². The van der Waals surface area contributed by atoms with E-state index in [0.29, 0.717) is 0 Å². The number of thiazole rings is 1. The lowest BCUT2D eigenvalue weighted by molar-refractivity contribution is 0.674. The van der Waals surface area contributed by atoms with Crippen molar-refractivity contribution in [1.82, 2.24) is 10.3 Å². The maximum atomic E-state index is 4.80. The van der Waals surface area contributed by atoms with Gasteiger partial charge in [0.05, 0.1) is 5.69 Å². The van der Waals surface area contributed by atoms with Gasteiger partial charge in [0.2, 0.25) is 0 Å². The predicted octanol–water partition coefficient (Wildman–Crippen LogP) is 3.44. The van der Waals surface area contributed by atoms with Crippen LogP contribution in [0.3, 0.4) is 0 Å². The van der Waals surface area contributed by atoms with Gasteiger partial charge >= 0.3 is 0 Å². The molecule has 0 saturated carbocycles. The Morgan fingerprint density at radius 2 is 1.94 bits per heavy atom. The first-order valence-electron chi connectivity index (χ1n) is 7.13. The van der Waals surface area contributed by atoms with E-state index in [-0.39, 0.29) is 0 Å². The van der Waals surface area contributed by atoms with Gasteiger partial charge in [-0.15, -0.1) is 11.3 Å². The molecule has 0 amide bonds. The Morgan fingerprint density at radius 1 is 1.17 bits per heavy atom. The standard InChI is InChI=1S/C14H27N3S/c1-5-8-12-13(11-15-9-6-2)18-14(16-12)17(4)10-7-3/h15H,5-11H2,1-4H3. The molecular weight excluding hydrogens is 242 g/mol. The number of nitrogens with one attached hydrogen (secondary N) is 1. The molecule has 3 nitrogen and oxygen atoms in total. The molecule has 0 unspecified atom stereocenters. The first-order chi connectivity index (χ1) is 8.72. The molecule has 0 saturated heterocycles. The number of rotatable bonds is 9. The van der Waals surface area contributed by atoms with Crippen LogP contribution in [-0.2, 0) is 13.0 Å². The van der Waals surface area contributed by atoms with Gasteiger partial charge < -0.3 is 10.2 Å². The van der Waals surface area contributed by atoms with Crippen molar-refractivity contribution < 1.29 is 0 Å². The van der Waals surface area contributed by atoms with Crippen molar-refractivity contribution in [3.05, 3.63) is 10.6 Å². The number of aryl methyl sites for hydroxylation is 1. The van der Waals surface area contributed by atoms with E-state index in [4.69, 9.17) is 4.98 Å². The molecule has 4 heteroatoms. The van der Waals surface area contributed by atoms with E-state index in [2.05, 4.69) is 38.0 Å². The molecule has 0 radical (unpaired) electrons. The average molecular weight is 269 g/mol. The third-order valence-corrected chi connectivity index (χ3v) is 4.06. The SMILES string of the molecule is CCCNCc1sc(N(C)CCC)nc1CCC. The molecule has 0 aromatic carbocycles. The quantitative estimate of drug-likeness (QED) is 0.696. The second-order valence-electron chi connectivity index (χ2n) is 4.71. The maximum Gasteiger partial charge on any atom is 0.185 e.